The second kappa shape index (κ2) is 4.53. The van der Waals surface area contributed by atoms with Crippen LogP contribution in [0.3, 0.4) is 0 Å². The molecule has 1 atom stereocenters. The molecule has 0 saturated carbocycles. The minimum atomic E-state index is -0.447. The zero-order valence-corrected chi connectivity index (χ0v) is 9.10. The number of aliphatic hydroxyl groups is 1. The van der Waals surface area contributed by atoms with Crippen LogP contribution in [0.15, 0.2) is 12.1 Å². The Kier molecular flexibility index (Phi) is 3.10. The Balaban J connectivity index is 2.43. The average molecular weight is 222 g/mol. The first-order chi connectivity index (χ1) is 7.72. The van der Waals surface area contributed by atoms with E-state index in [1.807, 2.05) is 0 Å². The van der Waals surface area contributed by atoms with Crippen LogP contribution in [0.2, 0.25) is 0 Å². The molecule has 0 saturated heterocycles. The lowest BCUT2D eigenvalue weighted by molar-refractivity contribution is 0.111. The summed E-state index contributed by atoms with van der Waals surface area (Å²) >= 11 is 0. The second-order valence-electron chi connectivity index (χ2n) is 3.84. The van der Waals surface area contributed by atoms with Crippen LogP contribution in [0.4, 0.5) is 0 Å². The summed E-state index contributed by atoms with van der Waals surface area (Å²) in [6.45, 7) is 2.64. The molecule has 0 radical (unpaired) electrons. The Morgan fingerprint density at radius 1 is 1.38 bits per heavy atom. The molecule has 16 heavy (non-hydrogen) atoms. The summed E-state index contributed by atoms with van der Waals surface area (Å²) < 4.78 is 10.9. The first-order valence-electron chi connectivity index (χ1n) is 5.27. The maximum Gasteiger partial charge on any atom is 0.172 e. The van der Waals surface area contributed by atoms with E-state index in [9.17, 15) is 9.90 Å². The first kappa shape index (κ1) is 11.0. The Hall–Kier alpha value is -1.55. The number of carbonyl (C=O) groups is 1. The monoisotopic (exact) mass is 222 g/mol. The smallest absolute Gasteiger partial charge is 0.172 e. The summed E-state index contributed by atoms with van der Waals surface area (Å²) in [4.78, 5) is 10.8. The molecular weight excluding hydrogens is 208 g/mol. The van der Waals surface area contributed by atoms with Crippen LogP contribution < -0.4 is 9.47 Å². The Morgan fingerprint density at radius 2 is 2.06 bits per heavy atom. The summed E-state index contributed by atoms with van der Waals surface area (Å²) in [5, 5.41) is 9.37. The number of benzene rings is 1. The van der Waals surface area contributed by atoms with E-state index in [-0.39, 0.29) is 0 Å². The molecule has 0 amide bonds. The van der Waals surface area contributed by atoms with E-state index in [4.69, 9.17) is 9.47 Å². The molecular formula is C12H14O4. The molecule has 86 valence electrons. The summed E-state index contributed by atoms with van der Waals surface area (Å²) in [5.41, 5.74) is 1.36. The van der Waals surface area contributed by atoms with Gasteiger partial charge in [-0.05, 0) is 13.0 Å². The molecule has 0 aliphatic carbocycles. The van der Waals surface area contributed by atoms with Crippen molar-refractivity contribution < 1.29 is 19.4 Å². The molecule has 1 aromatic rings. The van der Waals surface area contributed by atoms with Gasteiger partial charge in [0.25, 0.3) is 0 Å². The Morgan fingerprint density at radius 3 is 2.69 bits per heavy atom. The van der Waals surface area contributed by atoms with Gasteiger partial charge in [-0.15, -0.1) is 0 Å². The van der Waals surface area contributed by atoms with Crippen molar-refractivity contribution in [3.63, 3.8) is 0 Å². The zero-order valence-electron chi connectivity index (χ0n) is 9.10. The number of aldehydes is 1. The molecule has 2 rings (SSSR count). The molecule has 1 aliphatic rings. The van der Waals surface area contributed by atoms with Crippen LogP contribution >= 0.6 is 0 Å². The standard InChI is InChI=1S/C12H14O4/c1-8(14)6-9-2-3-10(7-13)12-11(9)15-4-5-16-12/h2-3,7-8,14H,4-6H2,1H3. The molecule has 4 heteroatoms. The predicted molar refractivity (Wildman–Crippen MR) is 58.2 cm³/mol. The van der Waals surface area contributed by atoms with E-state index >= 15 is 0 Å². The molecule has 1 unspecified atom stereocenters. The van der Waals surface area contributed by atoms with Crippen molar-refractivity contribution >= 4 is 6.29 Å². The molecule has 0 spiro atoms. The summed E-state index contributed by atoms with van der Waals surface area (Å²) in [6, 6.07) is 3.49. The first-order valence-corrected chi connectivity index (χ1v) is 5.27. The highest BCUT2D eigenvalue weighted by Crippen LogP contribution is 2.37. The summed E-state index contributed by atoms with van der Waals surface area (Å²) in [6.07, 6.45) is 0.793. The molecule has 1 heterocycles. The van der Waals surface area contributed by atoms with E-state index in [0.29, 0.717) is 36.7 Å². The lowest BCUT2D eigenvalue weighted by Crippen LogP contribution is -2.19. The number of ether oxygens (including phenoxy) is 2. The largest absolute Gasteiger partial charge is 0.486 e. The normalized spacial score (nSPS) is 15.6. The van der Waals surface area contributed by atoms with Crippen molar-refractivity contribution in [2.24, 2.45) is 0 Å². The van der Waals surface area contributed by atoms with Crippen LogP contribution in [-0.4, -0.2) is 30.7 Å². The summed E-state index contributed by atoms with van der Waals surface area (Å²) in [7, 11) is 0. The molecule has 0 aromatic heterocycles. The Bertz CT molecular complexity index is 398. The van der Waals surface area contributed by atoms with Gasteiger partial charge >= 0.3 is 0 Å². The third-order valence-electron chi connectivity index (χ3n) is 2.44. The van der Waals surface area contributed by atoms with Gasteiger partial charge in [-0.25, -0.2) is 0 Å². The van der Waals surface area contributed by atoms with E-state index < -0.39 is 6.10 Å². The predicted octanol–water partition coefficient (Wildman–Crippen LogP) is 1.19. The van der Waals surface area contributed by atoms with Crippen molar-refractivity contribution in [3.8, 4) is 11.5 Å². The molecule has 1 aliphatic heterocycles. The van der Waals surface area contributed by atoms with Crippen LogP contribution in [-0.2, 0) is 6.42 Å². The molecule has 0 bridgehead atoms. The van der Waals surface area contributed by atoms with Crippen LogP contribution in [0.5, 0.6) is 11.5 Å². The van der Waals surface area contributed by atoms with Crippen molar-refractivity contribution in [2.75, 3.05) is 13.2 Å². The number of carbonyl (C=O) groups excluding carboxylic acids is 1. The van der Waals surface area contributed by atoms with Gasteiger partial charge in [0.15, 0.2) is 17.8 Å². The van der Waals surface area contributed by atoms with Crippen molar-refractivity contribution in [1.82, 2.24) is 0 Å². The van der Waals surface area contributed by atoms with Gasteiger partial charge in [0.1, 0.15) is 13.2 Å². The number of hydrogen-bond donors (Lipinski definition) is 1. The van der Waals surface area contributed by atoms with Crippen molar-refractivity contribution in [2.45, 2.75) is 19.4 Å². The topological polar surface area (TPSA) is 55.8 Å². The van der Waals surface area contributed by atoms with Crippen molar-refractivity contribution in [3.05, 3.63) is 23.3 Å². The summed E-state index contributed by atoms with van der Waals surface area (Å²) in [5.74, 6) is 1.09. The van der Waals surface area contributed by atoms with Gasteiger partial charge in [-0.3, -0.25) is 4.79 Å². The number of rotatable bonds is 3. The van der Waals surface area contributed by atoms with Crippen LogP contribution in [0, 0.1) is 0 Å². The average Bonchev–Trinajstić information content (AvgIpc) is 2.29. The number of fused-ring (bicyclic) bond motifs is 1. The third-order valence-corrected chi connectivity index (χ3v) is 2.44. The lowest BCUT2D eigenvalue weighted by Gasteiger charge is -2.22. The minimum Gasteiger partial charge on any atom is -0.486 e. The van der Waals surface area contributed by atoms with E-state index in [1.165, 1.54) is 0 Å². The Labute approximate surface area is 93.8 Å². The second-order valence-corrected chi connectivity index (χ2v) is 3.84. The van der Waals surface area contributed by atoms with Gasteiger partial charge in [-0.1, -0.05) is 6.07 Å². The fraction of sp³-hybridized carbons (Fsp3) is 0.417. The van der Waals surface area contributed by atoms with Crippen molar-refractivity contribution in [1.29, 1.82) is 0 Å². The zero-order chi connectivity index (χ0) is 11.5. The van der Waals surface area contributed by atoms with E-state index in [2.05, 4.69) is 0 Å². The van der Waals surface area contributed by atoms with Gasteiger partial charge in [0.2, 0.25) is 0 Å². The van der Waals surface area contributed by atoms with Crippen LogP contribution in [0.1, 0.15) is 22.8 Å². The minimum absolute atomic E-state index is 0.447. The number of hydrogen-bond acceptors (Lipinski definition) is 4. The fourth-order valence-corrected chi connectivity index (χ4v) is 1.79. The van der Waals surface area contributed by atoms with Gasteiger partial charge < -0.3 is 14.6 Å². The van der Waals surface area contributed by atoms with E-state index in [1.54, 1.807) is 19.1 Å². The van der Waals surface area contributed by atoms with E-state index in [0.717, 1.165) is 11.8 Å². The molecule has 1 N–H and O–H groups in total. The molecule has 0 fully saturated rings. The highest BCUT2D eigenvalue weighted by atomic mass is 16.6. The lowest BCUT2D eigenvalue weighted by atomic mass is 10.0. The maximum atomic E-state index is 10.8. The van der Waals surface area contributed by atoms with Gasteiger partial charge in [-0.2, -0.15) is 0 Å². The highest BCUT2D eigenvalue weighted by Gasteiger charge is 2.20. The van der Waals surface area contributed by atoms with Crippen LogP contribution in [0.25, 0.3) is 0 Å². The SMILES string of the molecule is CC(O)Cc1ccc(C=O)c2c1OCCO2. The number of aliphatic hydroxyl groups excluding tert-OH is 1. The highest BCUT2D eigenvalue weighted by molar-refractivity contribution is 5.82. The maximum absolute atomic E-state index is 10.8. The van der Waals surface area contributed by atoms with Gasteiger partial charge in [0.05, 0.1) is 11.7 Å². The molecule has 1 aromatic carbocycles. The molecule has 4 nitrogen and oxygen atoms in total. The third kappa shape index (κ3) is 2.02. The quantitative estimate of drug-likeness (QED) is 0.780. The van der Waals surface area contributed by atoms with Gasteiger partial charge in [0, 0.05) is 12.0 Å². The fourth-order valence-electron chi connectivity index (χ4n) is 1.79.